The van der Waals surface area contributed by atoms with Crippen molar-refractivity contribution >= 4 is 11.6 Å². The molecule has 1 amide bonds. The number of nitrogens with one attached hydrogen (secondary N) is 1. The van der Waals surface area contributed by atoms with E-state index >= 15 is 0 Å². The van der Waals surface area contributed by atoms with Crippen molar-refractivity contribution in [2.75, 3.05) is 25.0 Å². The smallest absolute Gasteiger partial charge is 0.227 e. The fourth-order valence-electron chi connectivity index (χ4n) is 4.14. The molecule has 1 saturated heterocycles. The topological polar surface area (TPSA) is 32.3 Å². The predicted molar refractivity (Wildman–Crippen MR) is 116 cm³/mol. The van der Waals surface area contributed by atoms with Gasteiger partial charge in [0.25, 0.3) is 0 Å². The number of anilines is 1. The van der Waals surface area contributed by atoms with Crippen molar-refractivity contribution in [3.63, 3.8) is 0 Å². The number of benzene rings is 1. The number of hydrogen-bond donors (Lipinski definition) is 1. The Kier molecular flexibility index (Phi) is 10.5. The number of likely N-dealkylation sites (tertiary alicyclic amines) is 1. The molecule has 3 heteroatoms. The number of hydrogen-bond acceptors (Lipinski definition) is 2. The van der Waals surface area contributed by atoms with Crippen LogP contribution in [-0.4, -0.2) is 30.4 Å². The summed E-state index contributed by atoms with van der Waals surface area (Å²) in [6, 6.07) is 9.82. The van der Waals surface area contributed by atoms with Gasteiger partial charge in [0.05, 0.1) is 0 Å². The molecule has 1 aliphatic rings. The van der Waals surface area contributed by atoms with Crippen LogP contribution >= 0.6 is 0 Å². The van der Waals surface area contributed by atoms with Gasteiger partial charge >= 0.3 is 0 Å². The number of rotatable bonds is 12. The number of carbonyl (C=O) groups excluding carboxylic acids is 1. The lowest BCUT2D eigenvalue weighted by molar-refractivity contribution is -0.121. The number of piperidine rings is 1. The summed E-state index contributed by atoms with van der Waals surface area (Å²) in [6.45, 7) is 7.97. The highest BCUT2D eigenvalue weighted by Gasteiger charge is 2.25. The zero-order valence-electron chi connectivity index (χ0n) is 17.6. The van der Waals surface area contributed by atoms with Gasteiger partial charge in [-0.15, -0.1) is 0 Å². The van der Waals surface area contributed by atoms with E-state index in [1.54, 1.807) is 0 Å². The molecule has 1 atom stereocenters. The second-order valence-corrected chi connectivity index (χ2v) is 8.24. The monoisotopic (exact) mass is 372 g/mol. The number of nitrogens with zero attached hydrogens (tertiary/aromatic N) is 1. The summed E-state index contributed by atoms with van der Waals surface area (Å²) < 4.78 is 0. The summed E-state index contributed by atoms with van der Waals surface area (Å²) >= 11 is 0. The molecule has 0 aliphatic carbocycles. The van der Waals surface area contributed by atoms with Gasteiger partial charge in [0.15, 0.2) is 0 Å². The molecule has 1 unspecified atom stereocenters. The molecule has 0 bridgehead atoms. The van der Waals surface area contributed by atoms with Crippen molar-refractivity contribution in [2.45, 2.75) is 78.1 Å². The maximum Gasteiger partial charge on any atom is 0.227 e. The first-order valence-corrected chi connectivity index (χ1v) is 11.3. The van der Waals surface area contributed by atoms with Crippen LogP contribution < -0.4 is 5.32 Å². The molecule has 2 rings (SSSR count). The van der Waals surface area contributed by atoms with Gasteiger partial charge in [0, 0.05) is 11.6 Å². The summed E-state index contributed by atoms with van der Waals surface area (Å²) in [6.07, 6.45) is 13.0. The molecule has 1 N–H and O–H groups in total. The van der Waals surface area contributed by atoms with Crippen molar-refractivity contribution in [1.29, 1.82) is 0 Å². The maximum absolute atomic E-state index is 12.5. The third kappa shape index (κ3) is 8.47. The minimum atomic E-state index is 0.169. The van der Waals surface area contributed by atoms with Gasteiger partial charge in [0.1, 0.15) is 0 Å². The molecule has 1 heterocycles. The molecule has 3 nitrogen and oxygen atoms in total. The lowest BCUT2D eigenvalue weighted by atomic mass is 9.92. The summed E-state index contributed by atoms with van der Waals surface area (Å²) in [5.74, 6) is 1.24. The summed E-state index contributed by atoms with van der Waals surface area (Å²) in [7, 11) is 0. The molecule has 0 spiro atoms. The summed E-state index contributed by atoms with van der Waals surface area (Å²) in [5.41, 5.74) is 0.912. The van der Waals surface area contributed by atoms with Gasteiger partial charge < -0.3 is 10.2 Å². The van der Waals surface area contributed by atoms with E-state index in [0.29, 0.717) is 0 Å². The minimum absolute atomic E-state index is 0.169. The van der Waals surface area contributed by atoms with Crippen LogP contribution in [0.15, 0.2) is 30.3 Å². The van der Waals surface area contributed by atoms with Crippen molar-refractivity contribution in [3.8, 4) is 0 Å². The van der Waals surface area contributed by atoms with Gasteiger partial charge in [0.2, 0.25) is 5.91 Å². The Balaban J connectivity index is 1.61. The average Bonchev–Trinajstić information content (AvgIpc) is 2.71. The van der Waals surface area contributed by atoms with E-state index in [9.17, 15) is 4.79 Å². The first-order chi connectivity index (χ1) is 13.2. The molecule has 1 fully saturated rings. The Morgan fingerprint density at radius 3 is 2.41 bits per heavy atom. The maximum atomic E-state index is 12.5. The quantitative estimate of drug-likeness (QED) is 0.449. The Hall–Kier alpha value is -1.35. The molecule has 27 heavy (non-hydrogen) atoms. The Bertz CT molecular complexity index is 508. The van der Waals surface area contributed by atoms with Crippen LogP contribution in [0.1, 0.15) is 78.1 Å². The molecule has 1 aromatic carbocycles. The van der Waals surface area contributed by atoms with Crippen LogP contribution in [0, 0.1) is 11.8 Å². The molecule has 1 aliphatic heterocycles. The van der Waals surface area contributed by atoms with Gasteiger partial charge in [-0.25, -0.2) is 0 Å². The number of unbranched alkanes of at least 4 members (excludes halogenated alkanes) is 4. The Morgan fingerprint density at radius 1 is 1.04 bits per heavy atom. The van der Waals surface area contributed by atoms with Crippen LogP contribution in [0.25, 0.3) is 0 Å². The van der Waals surface area contributed by atoms with Crippen molar-refractivity contribution in [3.05, 3.63) is 30.3 Å². The lowest BCUT2D eigenvalue weighted by Crippen LogP contribution is -2.39. The van der Waals surface area contributed by atoms with Crippen molar-refractivity contribution in [2.24, 2.45) is 11.8 Å². The van der Waals surface area contributed by atoms with Gasteiger partial charge in [-0.05, 0) is 56.9 Å². The fraction of sp³-hybridized carbons (Fsp3) is 0.708. The lowest BCUT2D eigenvalue weighted by Gasteiger charge is -2.32. The Labute approximate surface area is 166 Å². The highest BCUT2D eigenvalue weighted by Crippen LogP contribution is 2.22. The molecule has 0 radical (unpaired) electrons. The second-order valence-electron chi connectivity index (χ2n) is 8.24. The van der Waals surface area contributed by atoms with Gasteiger partial charge in [-0.2, -0.15) is 0 Å². The highest BCUT2D eigenvalue weighted by atomic mass is 16.1. The molecular weight excluding hydrogens is 332 g/mol. The third-order valence-corrected chi connectivity index (χ3v) is 6.15. The van der Waals surface area contributed by atoms with E-state index in [4.69, 9.17) is 0 Å². The van der Waals surface area contributed by atoms with E-state index in [0.717, 1.165) is 37.5 Å². The van der Waals surface area contributed by atoms with Crippen molar-refractivity contribution in [1.82, 2.24) is 4.90 Å². The third-order valence-electron chi connectivity index (χ3n) is 6.15. The standard InChI is InChI=1S/C24H40N2O/c1-3-5-6-7-9-12-21(4-2)15-18-26-19-16-22(17-20-26)24(27)25-23-13-10-8-11-14-23/h8,10-11,13-14,21-22H,3-7,9,12,15-20H2,1-2H3,(H,25,27). The minimum Gasteiger partial charge on any atom is -0.326 e. The van der Waals surface area contributed by atoms with Crippen molar-refractivity contribution < 1.29 is 4.79 Å². The number of amides is 1. The number of para-hydroxylation sites is 1. The molecule has 0 aromatic heterocycles. The molecular formula is C24H40N2O. The first kappa shape index (κ1) is 21.9. The second kappa shape index (κ2) is 12.9. The zero-order valence-corrected chi connectivity index (χ0v) is 17.6. The van der Waals surface area contributed by atoms with Crippen LogP contribution in [0.5, 0.6) is 0 Å². The van der Waals surface area contributed by atoms with Gasteiger partial charge in [-0.1, -0.05) is 77.0 Å². The summed E-state index contributed by atoms with van der Waals surface area (Å²) in [4.78, 5) is 15.0. The molecule has 152 valence electrons. The van der Waals surface area contributed by atoms with E-state index in [1.165, 1.54) is 57.9 Å². The average molecular weight is 373 g/mol. The largest absolute Gasteiger partial charge is 0.326 e. The van der Waals surface area contributed by atoms with E-state index in [2.05, 4.69) is 24.1 Å². The highest BCUT2D eigenvalue weighted by molar-refractivity contribution is 5.92. The van der Waals surface area contributed by atoms with Crippen LogP contribution in [-0.2, 0) is 4.79 Å². The predicted octanol–water partition coefficient (Wildman–Crippen LogP) is 6.11. The van der Waals surface area contributed by atoms with E-state index < -0.39 is 0 Å². The Morgan fingerprint density at radius 2 is 1.74 bits per heavy atom. The first-order valence-electron chi connectivity index (χ1n) is 11.3. The fourth-order valence-corrected chi connectivity index (χ4v) is 4.14. The molecule has 1 aromatic rings. The zero-order chi connectivity index (χ0) is 19.3. The van der Waals surface area contributed by atoms with Crippen LogP contribution in [0.3, 0.4) is 0 Å². The normalized spacial score (nSPS) is 17.0. The van der Waals surface area contributed by atoms with Crippen LogP contribution in [0.4, 0.5) is 5.69 Å². The molecule has 0 saturated carbocycles. The van der Waals surface area contributed by atoms with Crippen LogP contribution in [0.2, 0.25) is 0 Å². The van der Waals surface area contributed by atoms with E-state index in [-0.39, 0.29) is 11.8 Å². The van der Waals surface area contributed by atoms with E-state index in [1.807, 2.05) is 30.3 Å². The van der Waals surface area contributed by atoms with Gasteiger partial charge in [-0.3, -0.25) is 4.79 Å². The SMILES string of the molecule is CCCCCCCC(CC)CCN1CCC(C(=O)Nc2ccccc2)CC1. The number of carbonyl (C=O) groups is 1. The summed E-state index contributed by atoms with van der Waals surface area (Å²) in [5, 5.41) is 3.07.